The molecule has 18 heavy (non-hydrogen) atoms. The molecule has 2 heterocycles. The van der Waals surface area contributed by atoms with Crippen LogP contribution in [0.2, 0.25) is 0 Å². The van der Waals surface area contributed by atoms with E-state index in [4.69, 9.17) is 4.74 Å². The van der Waals surface area contributed by atoms with Crippen molar-refractivity contribution in [3.63, 3.8) is 0 Å². The number of hydrogen-bond donors (Lipinski definition) is 0. The van der Waals surface area contributed by atoms with E-state index in [1.165, 1.54) is 6.20 Å². The summed E-state index contributed by atoms with van der Waals surface area (Å²) in [6.07, 6.45) is 2.26. The Hall–Kier alpha value is -2.51. The van der Waals surface area contributed by atoms with E-state index in [9.17, 15) is 19.3 Å². The van der Waals surface area contributed by atoms with Gasteiger partial charge in [-0.15, -0.1) is 0 Å². The zero-order chi connectivity index (χ0) is 13.3. The van der Waals surface area contributed by atoms with Crippen LogP contribution < -0.4 is 0 Å². The molecular weight excluding hydrogens is 245 g/mol. The maximum atomic E-state index is 13.5. The predicted molar refractivity (Wildman–Crippen MR) is 57.8 cm³/mol. The van der Waals surface area contributed by atoms with E-state index in [-0.39, 0.29) is 17.9 Å². The predicted octanol–water partition coefficient (Wildman–Crippen LogP) is 1.56. The van der Waals surface area contributed by atoms with E-state index >= 15 is 0 Å². The van der Waals surface area contributed by atoms with Gasteiger partial charge in [0.1, 0.15) is 0 Å². The van der Waals surface area contributed by atoms with Crippen molar-refractivity contribution in [2.45, 2.75) is 6.92 Å². The lowest BCUT2D eigenvalue weighted by atomic mass is 10.4. The summed E-state index contributed by atoms with van der Waals surface area (Å²) in [5.41, 5.74) is -0.687. The molecule has 0 atom stereocenters. The Kier molecular flexibility index (Phi) is 2.92. The molecule has 0 aliphatic heterocycles. The average molecular weight is 253 g/mol. The van der Waals surface area contributed by atoms with Crippen LogP contribution in [0.25, 0.3) is 5.65 Å². The second-order valence-electron chi connectivity index (χ2n) is 3.38. The van der Waals surface area contributed by atoms with Crippen LogP contribution in [0.15, 0.2) is 18.5 Å². The number of aromatic nitrogens is 2. The Bertz CT molecular complexity index is 637. The number of fused-ring (bicyclic) bond motifs is 1. The summed E-state index contributed by atoms with van der Waals surface area (Å²) in [5, 5.41) is 10.6. The number of rotatable bonds is 3. The summed E-state index contributed by atoms with van der Waals surface area (Å²) in [7, 11) is 0. The van der Waals surface area contributed by atoms with Gasteiger partial charge in [0, 0.05) is 6.20 Å². The monoisotopic (exact) mass is 253 g/mol. The minimum absolute atomic E-state index is 0.101. The molecule has 2 rings (SSSR count). The molecular formula is C10H8FN3O4. The fourth-order valence-electron chi connectivity index (χ4n) is 1.45. The highest BCUT2D eigenvalue weighted by atomic mass is 19.1. The Labute approximate surface area is 100.0 Å². The van der Waals surface area contributed by atoms with Gasteiger partial charge in [-0.1, -0.05) is 0 Å². The number of carbonyl (C=O) groups excluding carboxylic acids is 1. The van der Waals surface area contributed by atoms with Crippen molar-refractivity contribution >= 4 is 17.3 Å². The number of halogens is 1. The number of ether oxygens (including phenoxy) is 1. The van der Waals surface area contributed by atoms with Crippen molar-refractivity contribution in [2.75, 3.05) is 6.61 Å². The molecule has 0 aliphatic carbocycles. The van der Waals surface area contributed by atoms with Crippen molar-refractivity contribution < 1.29 is 18.8 Å². The molecule has 8 heteroatoms. The van der Waals surface area contributed by atoms with Crippen LogP contribution in [0.1, 0.15) is 17.4 Å². The normalized spacial score (nSPS) is 10.6. The SMILES string of the molecule is CCOC(=O)c1cn2cc([N+](=O)[O-])cc(F)c2n1. The molecule has 0 unspecified atom stereocenters. The smallest absolute Gasteiger partial charge is 0.358 e. The van der Waals surface area contributed by atoms with Gasteiger partial charge >= 0.3 is 5.97 Å². The highest BCUT2D eigenvalue weighted by molar-refractivity contribution is 5.88. The molecule has 0 N–H and O–H groups in total. The van der Waals surface area contributed by atoms with Crippen LogP contribution in [-0.4, -0.2) is 26.9 Å². The van der Waals surface area contributed by atoms with Crippen LogP contribution in [0.3, 0.4) is 0 Å². The summed E-state index contributed by atoms with van der Waals surface area (Å²) in [4.78, 5) is 24.9. The summed E-state index contributed by atoms with van der Waals surface area (Å²) in [6.45, 7) is 1.79. The lowest BCUT2D eigenvalue weighted by Gasteiger charge is -1.95. The summed E-state index contributed by atoms with van der Waals surface area (Å²) in [6, 6.07) is 0.747. The summed E-state index contributed by atoms with van der Waals surface area (Å²) < 4.78 is 19.3. The second-order valence-corrected chi connectivity index (χ2v) is 3.38. The fourth-order valence-corrected chi connectivity index (χ4v) is 1.45. The topological polar surface area (TPSA) is 86.7 Å². The van der Waals surface area contributed by atoms with Gasteiger partial charge in [-0.3, -0.25) is 14.5 Å². The molecule has 0 spiro atoms. The van der Waals surface area contributed by atoms with Crippen molar-refractivity contribution in [2.24, 2.45) is 0 Å². The highest BCUT2D eigenvalue weighted by Gasteiger charge is 2.17. The van der Waals surface area contributed by atoms with Crippen LogP contribution in [0.4, 0.5) is 10.1 Å². The van der Waals surface area contributed by atoms with E-state index in [0.29, 0.717) is 0 Å². The summed E-state index contributed by atoms with van der Waals surface area (Å²) >= 11 is 0. The number of pyridine rings is 1. The number of carbonyl (C=O) groups is 1. The molecule has 0 bridgehead atoms. The molecule has 2 aromatic heterocycles. The van der Waals surface area contributed by atoms with Gasteiger partial charge in [0.15, 0.2) is 17.2 Å². The Balaban J connectivity index is 2.54. The maximum Gasteiger partial charge on any atom is 0.358 e. The third-order valence-electron chi connectivity index (χ3n) is 2.19. The molecule has 7 nitrogen and oxygen atoms in total. The van der Waals surface area contributed by atoms with Crippen molar-refractivity contribution in [1.29, 1.82) is 0 Å². The van der Waals surface area contributed by atoms with Crippen molar-refractivity contribution in [3.8, 4) is 0 Å². The lowest BCUT2D eigenvalue weighted by Crippen LogP contribution is -2.04. The van der Waals surface area contributed by atoms with Crippen LogP contribution in [0, 0.1) is 15.9 Å². The maximum absolute atomic E-state index is 13.5. The first-order chi connectivity index (χ1) is 8.52. The molecule has 94 valence electrons. The first kappa shape index (κ1) is 12.0. The van der Waals surface area contributed by atoms with Crippen molar-refractivity contribution in [1.82, 2.24) is 9.38 Å². The minimum atomic E-state index is -0.875. The van der Waals surface area contributed by atoms with Crippen molar-refractivity contribution in [3.05, 3.63) is 40.1 Å². The van der Waals surface area contributed by atoms with Gasteiger partial charge in [0.05, 0.1) is 23.8 Å². The Morgan fingerprint density at radius 1 is 1.61 bits per heavy atom. The molecule has 0 amide bonds. The van der Waals surface area contributed by atoms with Gasteiger partial charge in [0.25, 0.3) is 5.69 Å². The number of nitrogens with zero attached hydrogens (tertiary/aromatic N) is 3. The zero-order valence-electron chi connectivity index (χ0n) is 9.29. The number of hydrogen-bond acceptors (Lipinski definition) is 5. The molecule has 0 aliphatic rings. The van der Waals surface area contributed by atoms with Gasteiger partial charge in [0.2, 0.25) is 0 Å². The van der Waals surface area contributed by atoms with E-state index in [2.05, 4.69) is 4.98 Å². The van der Waals surface area contributed by atoms with E-state index < -0.39 is 22.4 Å². The Morgan fingerprint density at radius 2 is 2.33 bits per heavy atom. The minimum Gasteiger partial charge on any atom is -0.461 e. The molecule has 2 aromatic rings. The van der Waals surface area contributed by atoms with E-state index in [1.54, 1.807) is 6.92 Å². The highest BCUT2D eigenvalue weighted by Crippen LogP contribution is 2.18. The van der Waals surface area contributed by atoms with Crippen LogP contribution >= 0.6 is 0 Å². The van der Waals surface area contributed by atoms with Crippen LogP contribution in [0.5, 0.6) is 0 Å². The first-order valence-electron chi connectivity index (χ1n) is 5.02. The van der Waals surface area contributed by atoms with Gasteiger partial charge in [-0.25, -0.2) is 14.2 Å². The molecule has 0 radical (unpaired) electrons. The van der Waals surface area contributed by atoms with Gasteiger partial charge in [-0.2, -0.15) is 0 Å². The molecule has 0 aromatic carbocycles. The third-order valence-corrected chi connectivity index (χ3v) is 2.19. The quantitative estimate of drug-likeness (QED) is 0.470. The van der Waals surface area contributed by atoms with Gasteiger partial charge < -0.3 is 4.74 Å². The molecule has 0 saturated heterocycles. The summed E-state index contributed by atoms with van der Waals surface area (Å²) in [5.74, 6) is -1.58. The average Bonchev–Trinajstić information content (AvgIpc) is 2.73. The number of nitro groups is 1. The largest absolute Gasteiger partial charge is 0.461 e. The van der Waals surface area contributed by atoms with Crippen LogP contribution in [-0.2, 0) is 4.74 Å². The number of imidazole rings is 1. The fraction of sp³-hybridized carbons (Fsp3) is 0.200. The number of esters is 1. The lowest BCUT2D eigenvalue weighted by molar-refractivity contribution is -0.385. The Morgan fingerprint density at radius 3 is 2.94 bits per heavy atom. The van der Waals surface area contributed by atoms with E-state index in [0.717, 1.165) is 16.7 Å². The van der Waals surface area contributed by atoms with E-state index in [1.807, 2.05) is 0 Å². The molecule has 0 fully saturated rings. The third kappa shape index (κ3) is 1.99. The zero-order valence-corrected chi connectivity index (χ0v) is 9.29. The second kappa shape index (κ2) is 4.40. The standard InChI is InChI=1S/C10H8FN3O4/c1-2-18-10(15)8-5-13-4-6(14(16)17)3-7(11)9(13)12-8/h3-5H,2H2,1H3. The first-order valence-corrected chi connectivity index (χ1v) is 5.02. The molecule has 0 saturated carbocycles. The van der Waals surface area contributed by atoms with Gasteiger partial charge in [-0.05, 0) is 6.92 Å².